The summed E-state index contributed by atoms with van der Waals surface area (Å²) in [6.07, 6.45) is 0. The summed E-state index contributed by atoms with van der Waals surface area (Å²) < 4.78 is 13.3. The highest BCUT2D eigenvalue weighted by Crippen LogP contribution is 2.44. The van der Waals surface area contributed by atoms with Crippen LogP contribution in [0.5, 0.6) is 0 Å². The van der Waals surface area contributed by atoms with Crippen LogP contribution in [-0.2, 0) is 0 Å². The van der Waals surface area contributed by atoms with Gasteiger partial charge in [-0.15, -0.1) is 0 Å². The Balaban J connectivity index is 1.01. The summed E-state index contributed by atoms with van der Waals surface area (Å²) in [5, 5.41) is 4.38. The van der Waals surface area contributed by atoms with Crippen molar-refractivity contribution in [2.24, 2.45) is 0 Å². The molecule has 2 aromatic heterocycles. The third kappa shape index (κ3) is 6.55. The Kier molecular flexibility index (Phi) is 8.83. The Bertz CT molecular complexity index is 3490. The Morgan fingerprint density at radius 1 is 0.238 bits per heavy atom. The fraction of sp³-hybridized carbons (Fsp3) is 0. The van der Waals surface area contributed by atoms with Gasteiger partial charge in [-0.05, 0) is 111 Å². The lowest BCUT2D eigenvalue weighted by atomic mass is 9.94. The van der Waals surface area contributed by atoms with Crippen molar-refractivity contribution in [1.82, 2.24) is 0 Å². The van der Waals surface area contributed by atoms with Crippen LogP contribution < -0.4 is 4.90 Å². The molecular formula is C60H39NO2. The highest BCUT2D eigenvalue weighted by molar-refractivity contribution is 6.15. The average Bonchev–Trinajstić information content (AvgIpc) is 3.94. The Hall–Kier alpha value is -8.40. The van der Waals surface area contributed by atoms with Crippen molar-refractivity contribution in [3.05, 3.63) is 237 Å². The van der Waals surface area contributed by atoms with Crippen LogP contribution in [0.3, 0.4) is 0 Å². The second-order valence-corrected chi connectivity index (χ2v) is 16.1. The highest BCUT2D eigenvalue weighted by atomic mass is 16.3. The van der Waals surface area contributed by atoms with Crippen molar-refractivity contribution in [3.8, 4) is 55.6 Å². The van der Waals surface area contributed by atoms with Gasteiger partial charge in [0.2, 0.25) is 0 Å². The number of hydrogen-bond acceptors (Lipinski definition) is 3. The van der Waals surface area contributed by atoms with E-state index in [1.807, 2.05) is 12.1 Å². The van der Waals surface area contributed by atoms with Crippen molar-refractivity contribution in [1.29, 1.82) is 0 Å². The molecule has 12 rings (SSSR count). The molecule has 0 N–H and O–H groups in total. The van der Waals surface area contributed by atoms with Crippen LogP contribution in [0.2, 0.25) is 0 Å². The summed E-state index contributed by atoms with van der Waals surface area (Å²) in [7, 11) is 0. The molecule has 3 heteroatoms. The Morgan fingerprint density at radius 2 is 0.683 bits per heavy atom. The highest BCUT2D eigenvalue weighted by Gasteiger charge is 2.20. The molecule has 296 valence electrons. The molecule has 0 aliphatic heterocycles. The summed E-state index contributed by atoms with van der Waals surface area (Å²) >= 11 is 0. The summed E-state index contributed by atoms with van der Waals surface area (Å²) in [6.45, 7) is 0. The maximum atomic E-state index is 7.02. The number of benzene rings is 10. The zero-order valence-corrected chi connectivity index (χ0v) is 34.3. The third-order valence-electron chi connectivity index (χ3n) is 12.3. The van der Waals surface area contributed by atoms with Gasteiger partial charge in [0.25, 0.3) is 0 Å². The first-order valence-corrected chi connectivity index (χ1v) is 21.4. The number of anilines is 3. The predicted molar refractivity (Wildman–Crippen MR) is 263 cm³/mol. The van der Waals surface area contributed by atoms with Gasteiger partial charge in [-0.3, -0.25) is 0 Å². The topological polar surface area (TPSA) is 29.5 Å². The molecule has 0 saturated carbocycles. The Labute approximate surface area is 365 Å². The maximum Gasteiger partial charge on any atom is 0.143 e. The SMILES string of the molecule is c1ccc(-c2ccc(N(c3ccc(-c4ccccc4)cc3)c3ccc(-c4cc(-c5ccc6oc7ccccc7c6c5)cc5c4oc4c(-c6ccccc6)cccc45)cc3)cc2)cc1. The average molecular weight is 806 g/mol. The maximum absolute atomic E-state index is 7.02. The molecular weight excluding hydrogens is 767 g/mol. The van der Waals surface area contributed by atoms with Crippen molar-refractivity contribution in [3.63, 3.8) is 0 Å². The molecule has 0 saturated heterocycles. The van der Waals surface area contributed by atoms with E-state index in [4.69, 9.17) is 8.83 Å². The number of hydrogen-bond donors (Lipinski definition) is 0. The molecule has 0 aliphatic rings. The molecule has 0 bridgehead atoms. The number of fused-ring (bicyclic) bond motifs is 6. The fourth-order valence-electron chi connectivity index (χ4n) is 9.14. The first kappa shape index (κ1) is 36.5. The van der Waals surface area contributed by atoms with E-state index < -0.39 is 0 Å². The summed E-state index contributed by atoms with van der Waals surface area (Å²) in [5.41, 5.74) is 18.0. The molecule has 10 aromatic carbocycles. The predicted octanol–water partition coefficient (Wildman–Crippen LogP) is 17.3. The van der Waals surface area contributed by atoms with E-state index in [1.165, 1.54) is 22.3 Å². The molecule has 0 amide bonds. The molecule has 3 nitrogen and oxygen atoms in total. The standard InChI is InChI=1S/C60H39NO2/c1-4-13-40(14-5-1)42-23-30-48(31-24-42)61(49-32-25-43(26-33-49)41-15-6-2-7-16-41)50-34-27-45(28-35-50)54-38-47(46-29-36-58-55(37-46)52-19-10-11-22-57(52)62-58)39-56-53-21-12-20-51(59(53)63-60(54)56)44-17-8-3-9-18-44/h1-39H. The first-order valence-electron chi connectivity index (χ1n) is 21.4. The summed E-state index contributed by atoms with van der Waals surface area (Å²) in [4.78, 5) is 2.33. The van der Waals surface area contributed by atoms with Crippen LogP contribution in [0.15, 0.2) is 245 Å². The van der Waals surface area contributed by atoms with Gasteiger partial charge in [0.05, 0.1) is 0 Å². The molecule has 0 fully saturated rings. The number of rotatable bonds is 8. The minimum atomic E-state index is 0.865. The monoisotopic (exact) mass is 805 g/mol. The smallest absolute Gasteiger partial charge is 0.143 e. The lowest BCUT2D eigenvalue weighted by Crippen LogP contribution is -2.09. The lowest BCUT2D eigenvalue weighted by molar-refractivity contribution is 0.669. The van der Waals surface area contributed by atoms with Gasteiger partial charge in [-0.1, -0.05) is 170 Å². The molecule has 0 atom stereocenters. The third-order valence-corrected chi connectivity index (χ3v) is 12.3. The first-order chi connectivity index (χ1) is 31.2. The number of nitrogens with zero attached hydrogens (tertiary/aromatic N) is 1. The van der Waals surface area contributed by atoms with Gasteiger partial charge in [-0.2, -0.15) is 0 Å². The quantitative estimate of drug-likeness (QED) is 0.153. The van der Waals surface area contributed by atoms with Crippen LogP contribution in [0.1, 0.15) is 0 Å². The van der Waals surface area contributed by atoms with Crippen molar-refractivity contribution >= 4 is 60.9 Å². The molecule has 0 spiro atoms. The normalized spacial score (nSPS) is 11.5. The van der Waals surface area contributed by atoms with E-state index >= 15 is 0 Å². The van der Waals surface area contributed by atoms with Crippen molar-refractivity contribution in [2.75, 3.05) is 4.90 Å². The zero-order chi connectivity index (χ0) is 41.7. The van der Waals surface area contributed by atoms with Crippen molar-refractivity contribution < 1.29 is 8.83 Å². The second-order valence-electron chi connectivity index (χ2n) is 16.1. The van der Waals surface area contributed by atoms with E-state index in [-0.39, 0.29) is 0 Å². The number of furan rings is 2. The molecule has 0 radical (unpaired) electrons. The van der Waals surface area contributed by atoms with Crippen LogP contribution in [0.25, 0.3) is 99.5 Å². The summed E-state index contributed by atoms with van der Waals surface area (Å²) in [5.74, 6) is 0. The summed E-state index contributed by atoms with van der Waals surface area (Å²) in [6, 6.07) is 84.0. The van der Waals surface area contributed by atoms with Gasteiger partial charge in [-0.25, -0.2) is 0 Å². The van der Waals surface area contributed by atoms with E-state index in [2.05, 4.69) is 229 Å². The van der Waals surface area contributed by atoms with Gasteiger partial charge in [0, 0.05) is 49.7 Å². The largest absolute Gasteiger partial charge is 0.456 e. The molecule has 63 heavy (non-hydrogen) atoms. The fourth-order valence-corrected chi connectivity index (χ4v) is 9.14. The molecule has 12 aromatic rings. The van der Waals surface area contributed by atoms with Crippen LogP contribution in [0, 0.1) is 0 Å². The minimum Gasteiger partial charge on any atom is -0.456 e. The van der Waals surface area contributed by atoms with E-state index in [0.717, 1.165) is 94.3 Å². The van der Waals surface area contributed by atoms with Crippen LogP contribution >= 0.6 is 0 Å². The van der Waals surface area contributed by atoms with Gasteiger partial charge >= 0.3 is 0 Å². The van der Waals surface area contributed by atoms with E-state index in [0.29, 0.717) is 0 Å². The van der Waals surface area contributed by atoms with E-state index in [1.54, 1.807) is 0 Å². The Morgan fingerprint density at radius 3 is 1.30 bits per heavy atom. The van der Waals surface area contributed by atoms with Crippen LogP contribution in [0.4, 0.5) is 17.1 Å². The number of para-hydroxylation sites is 2. The molecule has 0 aliphatic carbocycles. The minimum absolute atomic E-state index is 0.865. The van der Waals surface area contributed by atoms with Crippen LogP contribution in [-0.4, -0.2) is 0 Å². The van der Waals surface area contributed by atoms with Gasteiger partial charge in [0.1, 0.15) is 22.3 Å². The zero-order valence-electron chi connectivity index (χ0n) is 34.3. The molecule has 0 unspecified atom stereocenters. The van der Waals surface area contributed by atoms with Gasteiger partial charge < -0.3 is 13.7 Å². The second kappa shape index (κ2) is 15.3. The lowest BCUT2D eigenvalue weighted by Gasteiger charge is -2.26. The van der Waals surface area contributed by atoms with Crippen molar-refractivity contribution in [2.45, 2.75) is 0 Å². The van der Waals surface area contributed by atoms with Gasteiger partial charge in [0.15, 0.2) is 0 Å². The van der Waals surface area contributed by atoms with E-state index in [9.17, 15) is 0 Å². The molecule has 2 heterocycles.